The predicted octanol–water partition coefficient (Wildman–Crippen LogP) is 1.57. The molecule has 0 radical (unpaired) electrons. The van der Waals surface area contributed by atoms with Gasteiger partial charge in [-0.15, -0.1) is 0 Å². The van der Waals surface area contributed by atoms with Crippen molar-refractivity contribution in [1.29, 1.82) is 0 Å². The number of benzene rings is 1. The van der Waals surface area contributed by atoms with Gasteiger partial charge in [0, 0.05) is 6.54 Å². The summed E-state index contributed by atoms with van der Waals surface area (Å²) in [5.74, 6) is 1.41. The summed E-state index contributed by atoms with van der Waals surface area (Å²) in [4.78, 5) is 0. The maximum atomic E-state index is 9.85. The van der Waals surface area contributed by atoms with Crippen LogP contribution < -0.4 is 10.1 Å². The molecule has 1 aliphatic carbocycles. The molecule has 2 rings (SSSR count). The Morgan fingerprint density at radius 1 is 1.15 bits per heavy atom. The summed E-state index contributed by atoms with van der Waals surface area (Å²) in [6.45, 7) is 1.77. The van der Waals surface area contributed by atoms with Crippen LogP contribution in [-0.2, 0) is 0 Å². The first kappa shape index (κ1) is 15.3. The smallest absolute Gasteiger partial charge is 0.119 e. The van der Waals surface area contributed by atoms with Gasteiger partial charge in [-0.1, -0.05) is 18.2 Å². The largest absolute Gasteiger partial charge is 0.491 e. The van der Waals surface area contributed by atoms with E-state index in [1.807, 2.05) is 30.3 Å². The Kier molecular flexibility index (Phi) is 6.30. The highest BCUT2D eigenvalue weighted by molar-refractivity contribution is 5.20. The normalized spacial score (nSPS) is 24.3. The number of hydrogen-bond donors (Lipinski definition) is 3. The highest BCUT2D eigenvalue weighted by Crippen LogP contribution is 2.23. The standard InChI is InChI=1S/C16H25NO3/c18-14-8-6-13(7-9-14)10-17-11-15(19)12-20-16-4-2-1-3-5-16/h1-5,13-15,17-19H,6-12H2. The van der Waals surface area contributed by atoms with E-state index in [0.717, 1.165) is 38.0 Å². The molecule has 1 fully saturated rings. The van der Waals surface area contributed by atoms with Crippen molar-refractivity contribution in [2.75, 3.05) is 19.7 Å². The summed E-state index contributed by atoms with van der Waals surface area (Å²) in [6.07, 6.45) is 3.37. The molecular weight excluding hydrogens is 254 g/mol. The second-order valence-corrected chi connectivity index (χ2v) is 5.61. The average Bonchev–Trinajstić information content (AvgIpc) is 2.48. The van der Waals surface area contributed by atoms with Gasteiger partial charge in [-0.2, -0.15) is 0 Å². The molecule has 1 unspecified atom stereocenters. The SMILES string of the molecule is OC1CCC(CNCC(O)COc2ccccc2)CC1. The zero-order valence-corrected chi connectivity index (χ0v) is 11.9. The lowest BCUT2D eigenvalue weighted by molar-refractivity contribution is 0.0953. The molecule has 1 aromatic carbocycles. The number of para-hydroxylation sites is 1. The molecule has 1 saturated carbocycles. The van der Waals surface area contributed by atoms with Gasteiger partial charge in [0.15, 0.2) is 0 Å². The lowest BCUT2D eigenvalue weighted by atomic mass is 9.87. The molecule has 4 nitrogen and oxygen atoms in total. The van der Waals surface area contributed by atoms with Gasteiger partial charge in [-0.25, -0.2) is 0 Å². The fourth-order valence-electron chi connectivity index (χ4n) is 2.57. The zero-order valence-electron chi connectivity index (χ0n) is 11.9. The third-order valence-corrected chi connectivity index (χ3v) is 3.81. The van der Waals surface area contributed by atoms with Gasteiger partial charge in [-0.05, 0) is 50.3 Å². The second kappa shape index (κ2) is 8.25. The molecular formula is C16H25NO3. The van der Waals surface area contributed by atoms with Crippen molar-refractivity contribution in [3.8, 4) is 5.75 Å². The second-order valence-electron chi connectivity index (χ2n) is 5.61. The Hall–Kier alpha value is -1.10. The van der Waals surface area contributed by atoms with Gasteiger partial charge in [-0.3, -0.25) is 0 Å². The van der Waals surface area contributed by atoms with Crippen LogP contribution >= 0.6 is 0 Å². The molecule has 0 heterocycles. The number of hydrogen-bond acceptors (Lipinski definition) is 4. The van der Waals surface area contributed by atoms with Crippen molar-refractivity contribution >= 4 is 0 Å². The van der Waals surface area contributed by atoms with E-state index in [9.17, 15) is 10.2 Å². The number of rotatable bonds is 7. The summed E-state index contributed by atoms with van der Waals surface area (Å²) >= 11 is 0. The molecule has 0 amide bonds. The number of aliphatic hydroxyl groups is 2. The summed E-state index contributed by atoms with van der Waals surface area (Å²) < 4.78 is 5.50. The molecule has 0 aliphatic heterocycles. The van der Waals surface area contributed by atoms with Crippen LogP contribution in [0.2, 0.25) is 0 Å². The fourth-order valence-corrected chi connectivity index (χ4v) is 2.57. The van der Waals surface area contributed by atoms with Crippen molar-refractivity contribution in [2.45, 2.75) is 37.9 Å². The Bertz CT molecular complexity index is 363. The zero-order chi connectivity index (χ0) is 14.2. The first-order valence-corrected chi connectivity index (χ1v) is 7.48. The van der Waals surface area contributed by atoms with E-state index in [1.165, 1.54) is 0 Å². The van der Waals surface area contributed by atoms with Crippen molar-refractivity contribution in [2.24, 2.45) is 5.92 Å². The quantitative estimate of drug-likeness (QED) is 0.709. The first-order valence-electron chi connectivity index (χ1n) is 7.48. The summed E-state index contributed by atoms with van der Waals surface area (Å²) in [7, 11) is 0. The monoisotopic (exact) mass is 279 g/mol. The fraction of sp³-hybridized carbons (Fsp3) is 0.625. The van der Waals surface area contributed by atoms with Crippen LogP contribution in [0, 0.1) is 5.92 Å². The molecule has 1 aromatic rings. The topological polar surface area (TPSA) is 61.7 Å². The van der Waals surface area contributed by atoms with Gasteiger partial charge in [0.2, 0.25) is 0 Å². The number of ether oxygens (including phenoxy) is 1. The van der Waals surface area contributed by atoms with Crippen LogP contribution in [0.25, 0.3) is 0 Å². The molecule has 1 aliphatic rings. The van der Waals surface area contributed by atoms with Gasteiger partial charge in [0.05, 0.1) is 6.10 Å². The highest BCUT2D eigenvalue weighted by atomic mass is 16.5. The summed E-state index contributed by atoms with van der Waals surface area (Å²) in [6, 6.07) is 9.53. The van der Waals surface area contributed by atoms with Crippen LogP contribution in [-0.4, -0.2) is 42.1 Å². The number of aliphatic hydroxyl groups excluding tert-OH is 2. The summed E-state index contributed by atoms with van der Waals surface area (Å²) in [5, 5.41) is 22.6. The lowest BCUT2D eigenvalue weighted by Crippen LogP contribution is -2.35. The van der Waals surface area contributed by atoms with Gasteiger partial charge >= 0.3 is 0 Å². The molecule has 0 spiro atoms. The molecule has 112 valence electrons. The summed E-state index contributed by atoms with van der Waals surface area (Å²) in [5.41, 5.74) is 0. The maximum Gasteiger partial charge on any atom is 0.119 e. The third-order valence-electron chi connectivity index (χ3n) is 3.81. The minimum absolute atomic E-state index is 0.101. The molecule has 0 aromatic heterocycles. The number of nitrogens with one attached hydrogen (secondary N) is 1. The Morgan fingerprint density at radius 2 is 1.85 bits per heavy atom. The molecule has 0 saturated heterocycles. The minimum Gasteiger partial charge on any atom is -0.491 e. The minimum atomic E-state index is -0.496. The van der Waals surface area contributed by atoms with E-state index in [0.29, 0.717) is 19.1 Å². The van der Waals surface area contributed by atoms with Gasteiger partial charge in [0.25, 0.3) is 0 Å². The van der Waals surface area contributed by atoms with E-state index < -0.39 is 6.10 Å². The van der Waals surface area contributed by atoms with Crippen LogP contribution in [0.15, 0.2) is 30.3 Å². The van der Waals surface area contributed by atoms with Crippen LogP contribution in [0.5, 0.6) is 5.75 Å². The van der Waals surface area contributed by atoms with E-state index in [2.05, 4.69) is 5.32 Å². The Balaban J connectivity index is 1.55. The van der Waals surface area contributed by atoms with E-state index >= 15 is 0 Å². The van der Waals surface area contributed by atoms with Crippen molar-refractivity contribution < 1.29 is 14.9 Å². The van der Waals surface area contributed by atoms with Crippen LogP contribution in [0.4, 0.5) is 0 Å². The van der Waals surface area contributed by atoms with E-state index in [1.54, 1.807) is 0 Å². The predicted molar refractivity (Wildman–Crippen MR) is 78.8 cm³/mol. The third kappa shape index (κ3) is 5.49. The van der Waals surface area contributed by atoms with Gasteiger partial charge < -0.3 is 20.3 Å². The highest BCUT2D eigenvalue weighted by Gasteiger charge is 2.19. The average molecular weight is 279 g/mol. The molecule has 4 heteroatoms. The van der Waals surface area contributed by atoms with Crippen molar-refractivity contribution in [1.82, 2.24) is 5.32 Å². The molecule has 20 heavy (non-hydrogen) atoms. The Morgan fingerprint density at radius 3 is 2.55 bits per heavy atom. The van der Waals surface area contributed by atoms with Gasteiger partial charge in [0.1, 0.15) is 18.5 Å². The van der Waals surface area contributed by atoms with Crippen molar-refractivity contribution in [3.05, 3.63) is 30.3 Å². The van der Waals surface area contributed by atoms with Crippen LogP contribution in [0.3, 0.4) is 0 Å². The van der Waals surface area contributed by atoms with E-state index in [-0.39, 0.29) is 6.10 Å². The molecule has 0 bridgehead atoms. The van der Waals surface area contributed by atoms with Crippen LogP contribution in [0.1, 0.15) is 25.7 Å². The maximum absolute atomic E-state index is 9.85. The first-order chi connectivity index (χ1) is 9.74. The van der Waals surface area contributed by atoms with Crippen molar-refractivity contribution in [3.63, 3.8) is 0 Å². The molecule has 3 N–H and O–H groups in total. The lowest BCUT2D eigenvalue weighted by Gasteiger charge is -2.26. The van der Waals surface area contributed by atoms with E-state index in [4.69, 9.17) is 4.74 Å². The molecule has 1 atom stereocenters. The Labute approximate surface area is 120 Å².